The van der Waals surface area contributed by atoms with Gasteiger partial charge in [-0.15, -0.1) is 0 Å². The Morgan fingerprint density at radius 3 is 2.68 bits per heavy atom. The van der Waals surface area contributed by atoms with Crippen molar-refractivity contribution >= 4 is 11.0 Å². The second kappa shape index (κ2) is 7.62. The van der Waals surface area contributed by atoms with E-state index >= 15 is 0 Å². The number of benzene rings is 1. The van der Waals surface area contributed by atoms with E-state index in [9.17, 15) is 4.79 Å². The molecule has 0 aliphatic rings. The Bertz CT molecular complexity index is 903. The number of aryl methyl sites for hydroxylation is 1. The van der Waals surface area contributed by atoms with Gasteiger partial charge >= 0.3 is 5.63 Å². The molecule has 0 unspecified atom stereocenters. The Hall–Kier alpha value is -2.46. The van der Waals surface area contributed by atoms with E-state index in [0.29, 0.717) is 11.6 Å². The first-order valence-corrected chi connectivity index (χ1v) is 8.73. The lowest BCUT2D eigenvalue weighted by Gasteiger charge is -2.28. The topological polar surface area (TPSA) is 46.3 Å². The Kier molecular flexibility index (Phi) is 5.29. The Labute approximate surface area is 148 Å². The van der Waals surface area contributed by atoms with Crippen LogP contribution in [0.3, 0.4) is 0 Å². The quantitative estimate of drug-likeness (QED) is 0.630. The van der Waals surface area contributed by atoms with Gasteiger partial charge in [-0.05, 0) is 49.1 Å². The molecule has 3 rings (SSSR count). The molecule has 0 saturated heterocycles. The van der Waals surface area contributed by atoms with Crippen molar-refractivity contribution in [2.75, 3.05) is 0 Å². The molecule has 0 aliphatic carbocycles. The van der Waals surface area contributed by atoms with E-state index in [1.165, 1.54) is 11.6 Å². The molecule has 130 valence electrons. The predicted molar refractivity (Wildman–Crippen MR) is 100 cm³/mol. The van der Waals surface area contributed by atoms with Gasteiger partial charge in [0.25, 0.3) is 0 Å². The van der Waals surface area contributed by atoms with Crippen LogP contribution in [0.4, 0.5) is 0 Å². The molecular formula is C21H24N2O2. The standard InChI is InChI=1S/C21H24N2O2/c1-4-16(3)23(14-18-6-5-9-22-12-18)13-17-7-8-19-15(2)10-21(24)25-20(19)11-17/h5-12,16H,4,13-14H2,1-3H3/t16-/m0/s1. The van der Waals surface area contributed by atoms with Gasteiger partial charge in [-0.3, -0.25) is 9.88 Å². The lowest BCUT2D eigenvalue weighted by Crippen LogP contribution is -2.31. The smallest absolute Gasteiger partial charge is 0.336 e. The summed E-state index contributed by atoms with van der Waals surface area (Å²) in [4.78, 5) is 18.3. The molecule has 0 aliphatic heterocycles. The molecule has 3 aromatic rings. The Morgan fingerprint density at radius 2 is 1.96 bits per heavy atom. The normalized spacial score (nSPS) is 12.6. The van der Waals surface area contributed by atoms with Crippen LogP contribution in [-0.4, -0.2) is 15.9 Å². The second-order valence-electron chi connectivity index (χ2n) is 6.60. The summed E-state index contributed by atoms with van der Waals surface area (Å²) in [5, 5.41) is 0.991. The first-order valence-electron chi connectivity index (χ1n) is 8.73. The second-order valence-corrected chi connectivity index (χ2v) is 6.60. The van der Waals surface area contributed by atoms with Crippen LogP contribution >= 0.6 is 0 Å². The molecule has 0 bridgehead atoms. The van der Waals surface area contributed by atoms with Crippen LogP contribution in [0.15, 0.2) is 58.0 Å². The summed E-state index contributed by atoms with van der Waals surface area (Å²) in [5.74, 6) is 0. The fourth-order valence-corrected chi connectivity index (χ4v) is 3.05. The van der Waals surface area contributed by atoms with Crippen LogP contribution in [0.2, 0.25) is 0 Å². The molecular weight excluding hydrogens is 312 g/mol. The van der Waals surface area contributed by atoms with E-state index in [-0.39, 0.29) is 5.63 Å². The third-order valence-corrected chi connectivity index (χ3v) is 4.72. The van der Waals surface area contributed by atoms with Crippen molar-refractivity contribution in [3.63, 3.8) is 0 Å². The first-order chi connectivity index (χ1) is 12.1. The molecule has 0 spiro atoms. The maximum Gasteiger partial charge on any atom is 0.336 e. The highest BCUT2D eigenvalue weighted by molar-refractivity contribution is 5.80. The number of aromatic nitrogens is 1. The van der Waals surface area contributed by atoms with Gasteiger partial charge in [0.15, 0.2) is 0 Å². The van der Waals surface area contributed by atoms with Gasteiger partial charge in [-0.2, -0.15) is 0 Å². The van der Waals surface area contributed by atoms with Crippen LogP contribution < -0.4 is 5.63 Å². The molecule has 0 fully saturated rings. The van der Waals surface area contributed by atoms with Crippen LogP contribution in [0.25, 0.3) is 11.0 Å². The fourth-order valence-electron chi connectivity index (χ4n) is 3.05. The minimum Gasteiger partial charge on any atom is -0.423 e. The number of nitrogens with zero attached hydrogens (tertiary/aromatic N) is 2. The maximum atomic E-state index is 11.6. The van der Waals surface area contributed by atoms with Crippen molar-refractivity contribution in [3.8, 4) is 0 Å². The molecule has 25 heavy (non-hydrogen) atoms. The average molecular weight is 336 g/mol. The van der Waals surface area contributed by atoms with Crippen LogP contribution in [0.1, 0.15) is 37.0 Å². The number of rotatable bonds is 6. The summed E-state index contributed by atoms with van der Waals surface area (Å²) < 4.78 is 5.39. The average Bonchev–Trinajstić information content (AvgIpc) is 2.61. The molecule has 1 aromatic carbocycles. The molecule has 0 N–H and O–H groups in total. The molecule has 1 atom stereocenters. The van der Waals surface area contributed by atoms with Crippen molar-refractivity contribution in [2.45, 2.75) is 46.3 Å². The van der Waals surface area contributed by atoms with Crippen molar-refractivity contribution in [1.82, 2.24) is 9.88 Å². The van der Waals surface area contributed by atoms with Crippen LogP contribution in [-0.2, 0) is 13.1 Å². The molecule has 2 aromatic heterocycles. The monoisotopic (exact) mass is 336 g/mol. The maximum absolute atomic E-state index is 11.6. The zero-order chi connectivity index (χ0) is 17.8. The highest BCUT2D eigenvalue weighted by atomic mass is 16.4. The summed E-state index contributed by atoms with van der Waals surface area (Å²) in [5.41, 5.74) is 3.66. The highest BCUT2D eigenvalue weighted by Gasteiger charge is 2.14. The highest BCUT2D eigenvalue weighted by Crippen LogP contribution is 2.21. The van der Waals surface area contributed by atoms with Gasteiger partial charge in [0.2, 0.25) is 0 Å². The summed E-state index contributed by atoms with van der Waals surface area (Å²) in [6.45, 7) is 8.02. The molecule has 4 heteroatoms. The number of pyridine rings is 1. The lowest BCUT2D eigenvalue weighted by molar-refractivity contribution is 0.186. The van der Waals surface area contributed by atoms with E-state index in [2.05, 4.69) is 35.9 Å². The number of hydrogen-bond acceptors (Lipinski definition) is 4. The molecule has 0 amide bonds. The van der Waals surface area contributed by atoms with Crippen molar-refractivity contribution in [3.05, 3.63) is 75.9 Å². The summed E-state index contributed by atoms with van der Waals surface area (Å²) in [6.07, 6.45) is 4.78. The van der Waals surface area contributed by atoms with Crippen molar-refractivity contribution in [1.29, 1.82) is 0 Å². The third kappa shape index (κ3) is 4.15. The Balaban J connectivity index is 1.88. The lowest BCUT2D eigenvalue weighted by atomic mass is 10.1. The van der Waals surface area contributed by atoms with Crippen LogP contribution in [0, 0.1) is 6.92 Å². The van der Waals surface area contributed by atoms with E-state index in [0.717, 1.165) is 36.0 Å². The van der Waals surface area contributed by atoms with Gasteiger partial charge in [0.05, 0.1) is 0 Å². The summed E-state index contributed by atoms with van der Waals surface area (Å²) in [6, 6.07) is 12.2. The van der Waals surface area contributed by atoms with Gasteiger partial charge in [0.1, 0.15) is 5.58 Å². The number of hydrogen-bond donors (Lipinski definition) is 0. The molecule has 2 heterocycles. The molecule has 0 radical (unpaired) electrons. The predicted octanol–water partition coefficient (Wildman–Crippen LogP) is 4.30. The van der Waals surface area contributed by atoms with Crippen molar-refractivity contribution < 1.29 is 4.42 Å². The molecule has 0 saturated carbocycles. The van der Waals surface area contributed by atoms with Gasteiger partial charge in [-0.1, -0.05) is 25.1 Å². The van der Waals surface area contributed by atoms with E-state index in [1.54, 1.807) is 6.20 Å². The zero-order valence-corrected chi connectivity index (χ0v) is 15.0. The molecule has 4 nitrogen and oxygen atoms in total. The van der Waals surface area contributed by atoms with Crippen molar-refractivity contribution in [2.24, 2.45) is 0 Å². The minimum absolute atomic E-state index is 0.295. The van der Waals surface area contributed by atoms with Gasteiger partial charge in [-0.25, -0.2) is 4.79 Å². The van der Waals surface area contributed by atoms with Gasteiger partial charge in [0, 0.05) is 43.0 Å². The van der Waals surface area contributed by atoms with E-state index in [1.807, 2.05) is 31.3 Å². The largest absolute Gasteiger partial charge is 0.423 e. The summed E-state index contributed by atoms with van der Waals surface area (Å²) in [7, 11) is 0. The summed E-state index contributed by atoms with van der Waals surface area (Å²) >= 11 is 0. The SMILES string of the molecule is CC[C@H](C)N(Cc1cccnc1)Cc1ccc2c(C)cc(=O)oc2c1. The van der Waals surface area contributed by atoms with Gasteiger partial charge < -0.3 is 4.42 Å². The first kappa shape index (κ1) is 17.4. The van der Waals surface area contributed by atoms with E-state index < -0.39 is 0 Å². The van der Waals surface area contributed by atoms with E-state index in [4.69, 9.17) is 4.42 Å². The Morgan fingerprint density at radius 1 is 1.16 bits per heavy atom. The minimum atomic E-state index is -0.295. The van der Waals surface area contributed by atoms with Crippen LogP contribution in [0.5, 0.6) is 0 Å². The third-order valence-electron chi connectivity index (χ3n) is 4.72. The fraction of sp³-hybridized carbons (Fsp3) is 0.333. The number of fused-ring (bicyclic) bond motifs is 1. The zero-order valence-electron chi connectivity index (χ0n) is 15.0.